The molecule has 0 spiro atoms. The van der Waals surface area contributed by atoms with Gasteiger partial charge in [0.1, 0.15) is 0 Å². The van der Waals surface area contributed by atoms with E-state index in [0.717, 1.165) is 23.0 Å². The van der Waals surface area contributed by atoms with Crippen LogP contribution in [-0.2, 0) is 4.79 Å². The molecule has 3 heteroatoms. The summed E-state index contributed by atoms with van der Waals surface area (Å²) in [6.45, 7) is 2.08. The topological polar surface area (TPSA) is 29.1 Å². The van der Waals surface area contributed by atoms with Gasteiger partial charge in [-0.3, -0.25) is 4.79 Å². The molecular formula is C11H14BrNO. The van der Waals surface area contributed by atoms with Crippen LogP contribution in [-0.4, -0.2) is 5.91 Å². The third kappa shape index (κ3) is 3.50. The highest BCUT2D eigenvalue weighted by molar-refractivity contribution is 9.10. The number of anilines is 1. The second-order valence-corrected chi connectivity index (χ2v) is 3.99. The third-order valence-corrected chi connectivity index (χ3v) is 2.60. The summed E-state index contributed by atoms with van der Waals surface area (Å²) in [5, 5.41) is 2.86. The molecule has 76 valence electrons. The zero-order chi connectivity index (χ0) is 10.4. The number of rotatable bonds is 4. The van der Waals surface area contributed by atoms with Crippen molar-refractivity contribution >= 4 is 27.5 Å². The van der Waals surface area contributed by atoms with E-state index in [1.54, 1.807) is 0 Å². The maximum absolute atomic E-state index is 11.4. The zero-order valence-corrected chi connectivity index (χ0v) is 9.80. The van der Waals surface area contributed by atoms with Crippen LogP contribution >= 0.6 is 15.9 Å². The first-order chi connectivity index (χ1) is 6.74. The Morgan fingerprint density at radius 1 is 1.43 bits per heavy atom. The summed E-state index contributed by atoms with van der Waals surface area (Å²) >= 11 is 3.38. The number of hydrogen-bond acceptors (Lipinski definition) is 1. The number of para-hydroxylation sites is 1. The van der Waals surface area contributed by atoms with Crippen molar-refractivity contribution in [3.05, 3.63) is 28.7 Å². The molecule has 0 heterocycles. The van der Waals surface area contributed by atoms with Crippen LogP contribution in [0.15, 0.2) is 28.7 Å². The molecule has 0 aliphatic carbocycles. The predicted molar refractivity (Wildman–Crippen MR) is 62.3 cm³/mol. The molecule has 1 N–H and O–H groups in total. The molecule has 0 aliphatic heterocycles. The van der Waals surface area contributed by atoms with Gasteiger partial charge in [-0.2, -0.15) is 0 Å². The average Bonchev–Trinajstić information content (AvgIpc) is 2.18. The highest BCUT2D eigenvalue weighted by Crippen LogP contribution is 2.21. The van der Waals surface area contributed by atoms with Gasteiger partial charge in [0.2, 0.25) is 5.91 Å². The molecule has 1 aromatic carbocycles. The van der Waals surface area contributed by atoms with Gasteiger partial charge in [-0.05, 0) is 34.5 Å². The van der Waals surface area contributed by atoms with Crippen molar-refractivity contribution < 1.29 is 4.79 Å². The van der Waals surface area contributed by atoms with Crippen molar-refractivity contribution in [1.29, 1.82) is 0 Å². The normalized spacial score (nSPS) is 9.86. The highest BCUT2D eigenvalue weighted by atomic mass is 79.9. The highest BCUT2D eigenvalue weighted by Gasteiger charge is 2.03. The lowest BCUT2D eigenvalue weighted by Gasteiger charge is -2.06. The summed E-state index contributed by atoms with van der Waals surface area (Å²) in [6.07, 6.45) is 2.58. The summed E-state index contributed by atoms with van der Waals surface area (Å²) in [4.78, 5) is 11.4. The van der Waals surface area contributed by atoms with Gasteiger partial charge >= 0.3 is 0 Å². The summed E-state index contributed by atoms with van der Waals surface area (Å²) < 4.78 is 0.921. The fourth-order valence-corrected chi connectivity index (χ4v) is 1.50. The monoisotopic (exact) mass is 255 g/mol. The number of carbonyl (C=O) groups is 1. The third-order valence-electron chi connectivity index (χ3n) is 1.91. The molecule has 0 bridgehead atoms. The van der Waals surface area contributed by atoms with Crippen LogP contribution < -0.4 is 5.32 Å². The van der Waals surface area contributed by atoms with Crippen LogP contribution in [0.5, 0.6) is 0 Å². The Hall–Kier alpha value is -0.830. The quantitative estimate of drug-likeness (QED) is 0.876. The van der Waals surface area contributed by atoms with Crippen molar-refractivity contribution in [3.63, 3.8) is 0 Å². The standard InChI is InChI=1S/C11H14BrNO/c1-2-3-8-11(14)13-10-7-5-4-6-9(10)12/h4-7H,2-3,8H2,1H3,(H,13,14). The number of carbonyl (C=O) groups excluding carboxylic acids is 1. The summed E-state index contributed by atoms with van der Waals surface area (Å²) in [7, 11) is 0. The fourth-order valence-electron chi connectivity index (χ4n) is 1.11. The molecule has 2 nitrogen and oxygen atoms in total. The largest absolute Gasteiger partial charge is 0.325 e. The predicted octanol–water partition coefficient (Wildman–Crippen LogP) is 3.58. The van der Waals surface area contributed by atoms with Gasteiger partial charge < -0.3 is 5.32 Å². The maximum atomic E-state index is 11.4. The first-order valence-corrected chi connectivity index (χ1v) is 5.57. The van der Waals surface area contributed by atoms with Crippen molar-refractivity contribution in [3.8, 4) is 0 Å². The molecule has 0 fully saturated rings. The van der Waals surface area contributed by atoms with Crippen LogP contribution in [0.3, 0.4) is 0 Å². The zero-order valence-electron chi connectivity index (χ0n) is 8.22. The van der Waals surface area contributed by atoms with Crippen LogP contribution in [0.25, 0.3) is 0 Å². The van der Waals surface area contributed by atoms with Gasteiger partial charge in [0.15, 0.2) is 0 Å². The lowest BCUT2D eigenvalue weighted by Crippen LogP contribution is -2.11. The number of unbranched alkanes of at least 4 members (excludes halogenated alkanes) is 1. The van der Waals surface area contributed by atoms with Crippen LogP contribution in [0.2, 0.25) is 0 Å². The molecule has 0 saturated heterocycles. The fraction of sp³-hybridized carbons (Fsp3) is 0.364. The molecule has 0 aliphatic rings. The van der Waals surface area contributed by atoms with E-state index in [1.165, 1.54) is 0 Å². The molecule has 0 aromatic heterocycles. The molecule has 1 rings (SSSR count). The minimum absolute atomic E-state index is 0.0822. The van der Waals surface area contributed by atoms with Crippen LogP contribution in [0.1, 0.15) is 26.2 Å². The molecule has 0 unspecified atom stereocenters. The van der Waals surface area contributed by atoms with Crippen molar-refractivity contribution in [2.24, 2.45) is 0 Å². The van der Waals surface area contributed by atoms with Gasteiger partial charge in [0.05, 0.1) is 5.69 Å². The smallest absolute Gasteiger partial charge is 0.224 e. The van der Waals surface area contributed by atoms with Gasteiger partial charge in [-0.25, -0.2) is 0 Å². The summed E-state index contributed by atoms with van der Waals surface area (Å²) in [5.74, 6) is 0.0822. The molecule has 1 amide bonds. The van der Waals surface area contributed by atoms with Crippen molar-refractivity contribution in [1.82, 2.24) is 0 Å². The van der Waals surface area contributed by atoms with Gasteiger partial charge in [0, 0.05) is 10.9 Å². The van der Waals surface area contributed by atoms with Crippen molar-refractivity contribution in [2.75, 3.05) is 5.32 Å². The molecule has 14 heavy (non-hydrogen) atoms. The second kappa shape index (κ2) is 5.81. The minimum Gasteiger partial charge on any atom is -0.325 e. The van der Waals surface area contributed by atoms with E-state index in [1.807, 2.05) is 24.3 Å². The molecular weight excluding hydrogens is 242 g/mol. The lowest BCUT2D eigenvalue weighted by molar-refractivity contribution is -0.116. The van der Waals surface area contributed by atoms with Crippen LogP contribution in [0, 0.1) is 0 Å². The van der Waals surface area contributed by atoms with Crippen LogP contribution in [0.4, 0.5) is 5.69 Å². The first-order valence-electron chi connectivity index (χ1n) is 4.78. The van der Waals surface area contributed by atoms with Gasteiger partial charge in [0.25, 0.3) is 0 Å². The first kappa shape index (κ1) is 11.2. The van der Waals surface area contributed by atoms with E-state index in [4.69, 9.17) is 0 Å². The number of hydrogen-bond donors (Lipinski definition) is 1. The number of amides is 1. The van der Waals surface area contributed by atoms with E-state index < -0.39 is 0 Å². The second-order valence-electron chi connectivity index (χ2n) is 3.13. The summed E-state index contributed by atoms with van der Waals surface area (Å²) in [6, 6.07) is 7.62. The average molecular weight is 256 g/mol. The Morgan fingerprint density at radius 3 is 2.79 bits per heavy atom. The molecule has 1 aromatic rings. The maximum Gasteiger partial charge on any atom is 0.224 e. The summed E-state index contributed by atoms with van der Waals surface area (Å²) in [5.41, 5.74) is 0.841. The van der Waals surface area contributed by atoms with Gasteiger partial charge in [-0.15, -0.1) is 0 Å². The Balaban J connectivity index is 2.52. The molecule has 0 saturated carbocycles. The van der Waals surface area contributed by atoms with E-state index in [0.29, 0.717) is 6.42 Å². The van der Waals surface area contributed by atoms with E-state index in [9.17, 15) is 4.79 Å². The Bertz CT molecular complexity index is 312. The Kier molecular flexibility index (Phi) is 4.66. The van der Waals surface area contributed by atoms with E-state index >= 15 is 0 Å². The molecule has 0 atom stereocenters. The minimum atomic E-state index is 0.0822. The molecule has 0 radical (unpaired) electrons. The van der Waals surface area contributed by atoms with E-state index in [2.05, 4.69) is 28.2 Å². The SMILES string of the molecule is CCCCC(=O)Nc1ccccc1Br. The Morgan fingerprint density at radius 2 is 2.14 bits per heavy atom. The van der Waals surface area contributed by atoms with Gasteiger partial charge in [-0.1, -0.05) is 25.5 Å². The number of benzene rings is 1. The number of halogens is 1. The number of nitrogens with one attached hydrogen (secondary N) is 1. The lowest BCUT2D eigenvalue weighted by atomic mass is 10.2. The van der Waals surface area contributed by atoms with Crippen molar-refractivity contribution in [2.45, 2.75) is 26.2 Å². The van der Waals surface area contributed by atoms with E-state index in [-0.39, 0.29) is 5.91 Å². The Labute approximate surface area is 92.8 Å².